The summed E-state index contributed by atoms with van der Waals surface area (Å²) < 4.78 is 5.77. The summed E-state index contributed by atoms with van der Waals surface area (Å²) in [5.74, 6) is -0.250. The first-order valence-electron chi connectivity index (χ1n) is 7.62. The Hall–Kier alpha value is -1.71. The van der Waals surface area contributed by atoms with E-state index in [4.69, 9.17) is 4.74 Å². The van der Waals surface area contributed by atoms with Gasteiger partial charge in [0.1, 0.15) is 13.5 Å². The minimum absolute atomic E-state index is 0.247. The zero-order valence-electron chi connectivity index (χ0n) is 13.7. The molecule has 0 heterocycles. The van der Waals surface area contributed by atoms with Gasteiger partial charge in [0.2, 0.25) is 0 Å². The fourth-order valence-corrected chi connectivity index (χ4v) is 3.95. The Labute approximate surface area is 134 Å². The molecule has 0 bridgehead atoms. The van der Waals surface area contributed by atoms with Crippen molar-refractivity contribution in [2.24, 2.45) is 0 Å². The molecule has 116 valence electrons. The molecular formula is C19H24O2Si. The van der Waals surface area contributed by atoms with Crippen LogP contribution in [0.1, 0.15) is 23.1 Å². The second-order valence-corrected chi connectivity index (χ2v) is 11.6. The van der Waals surface area contributed by atoms with E-state index >= 15 is 0 Å². The van der Waals surface area contributed by atoms with Gasteiger partial charge in [-0.1, -0.05) is 80.3 Å². The quantitative estimate of drug-likeness (QED) is 0.728. The van der Waals surface area contributed by atoms with Gasteiger partial charge in [0.15, 0.2) is 0 Å². The molecule has 0 N–H and O–H groups in total. The first kappa shape index (κ1) is 16.7. The van der Waals surface area contributed by atoms with Crippen LogP contribution in [0, 0.1) is 0 Å². The van der Waals surface area contributed by atoms with Crippen molar-refractivity contribution in [3.8, 4) is 0 Å². The number of rotatable bonds is 6. The van der Waals surface area contributed by atoms with Crippen LogP contribution in [0.2, 0.25) is 19.6 Å². The largest absolute Gasteiger partial charge is 0.376 e. The van der Waals surface area contributed by atoms with Crippen molar-refractivity contribution in [2.75, 3.05) is 7.11 Å². The summed E-state index contributed by atoms with van der Waals surface area (Å²) in [6.07, 6.45) is -0.247. The maximum Gasteiger partial charge on any atom is 0.124 e. The molecule has 3 heteroatoms. The number of methoxy groups -OCH3 is 1. The van der Waals surface area contributed by atoms with Crippen LogP contribution in [0.5, 0.6) is 0 Å². The molecule has 2 rings (SSSR count). The van der Waals surface area contributed by atoms with E-state index < -0.39 is 8.07 Å². The minimum atomic E-state index is -1.94. The lowest BCUT2D eigenvalue weighted by Crippen LogP contribution is -2.40. The maximum atomic E-state index is 13.1. The van der Waals surface area contributed by atoms with Gasteiger partial charge in [-0.25, -0.2) is 0 Å². The fraction of sp³-hybridized carbons (Fsp3) is 0.316. The van der Waals surface area contributed by atoms with Crippen molar-refractivity contribution in [1.82, 2.24) is 0 Å². The van der Waals surface area contributed by atoms with Crippen LogP contribution in [0.25, 0.3) is 0 Å². The highest BCUT2D eigenvalue weighted by atomic mass is 28.3. The van der Waals surface area contributed by atoms with Crippen molar-refractivity contribution >= 4 is 13.5 Å². The maximum absolute atomic E-state index is 13.1. The average Bonchev–Trinajstić information content (AvgIpc) is 2.52. The van der Waals surface area contributed by atoms with Crippen molar-refractivity contribution < 1.29 is 9.53 Å². The molecule has 0 fully saturated rings. The van der Waals surface area contributed by atoms with Crippen LogP contribution in [-0.2, 0) is 9.53 Å². The van der Waals surface area contributed by atoms with E-state index in [1.54, 1.807) is 7.11 Å². The summed E-state index contributed by atoms with van der Waals surface area (Å²) in [5.41, 5.74) is 2.08. The van der Waals surface area contributed by atoms with E-state index in [0.29, 0.717) is 5.41 Å². The lowest BCUT2D eigenvalue weighted by atomic mass is 9.90. The molecule has 0 aliphatic rings. The molecule has 2 aromatic rings. The monoisotopic (exact) mass is 312 g/mol. The number of carbonyl (C=O) groups is 1. The molecule has 0 saturated heterocycles. The molecule has 0 radical (unpaired) electrons. The zero-order valence-corrected chi connectivity index (χ0v) is 14.7. The van der Waals surface area contributed by atoms with Crippen LogP contribution >= 0.6 is 0 Å². The molecule has 0 unspecified atom stereocenters. The molecule has 22 heavy (non-hydrogen) atoms. The number of ether oxygens (including phenoxy) is 1. The highest BCUT2D eigenvalue weighted by molar-refractivity contribution is 7.04. The van der Waals surface area contributed by atoms with E-state index in [0.717, 1.165) is 11.1 Å². The first-order chi connectivity index (χ1) is 10.4. The molecule has 2 atom stereocenters. The zero-order chi connectivity index (χ0) is 16.2. The average molecular weight is 312 g/mol. The van der Waals surface area contributed by atoms with E-state index in [1.807, 2.05) is 60.7 Å². The van der Waals surface area contributed by atoms with Crippen LogP contribution in [0.15, 0.2) is 60.7 Å². The third-order valence-corrected chi connectivity index (χ3v) is 5.65. The molecule has 0 aliphatic carbocycles. The lowest BCUT2D eigenvalue weighted by Gasteiger charge is -2.30. The predicted molar refractivity (Wildman–Crippen MR) is 93.7 cm³/mol. The summed E-state index contributed by atoms with van der Waals surface area (Å²) in [6.45, 7) is 6.30. The summed E-state index contributed by atoms with van der Waals surface area (Å²) in [7, 11) is -0.252. The smallest absolute Gasteiger partial charge is 0.124 e. The summed E-state index contributed by atoms with van der Waals surface area (Å²) in [6, 6.07) is 20.0. The van der Waals surface area contributed by atoms with Crippen molar-refractivity contribution in [3.05, 3.63) is 71.8 Å². The Kier molecular flexibility index (Phi) is 5.32. The molecule has 2 nitrogen and oxygen atoms in total. The van der Waals surface area contributed by atoms with Gasteiger partial charge < -0.3 is 9.53 Å². The standard InChI is InChI=1S/C19H24O2Si/c1-21-18(16-13-9-6-10-14-16)17(19(20)22(2,3)4)15-11-7-5-8-12-15/h5-14,17-18H,1-4H3/t17-,18+/m1/s1. The Balaban J connectivity index is 2.50. The summed E-state index contributed by atoms with van der Waals surface area (Å²) in [5, 5.41) is 0.328. The second kappa shape index (κ2) is 7.03. The van der Waals surface area contributed by atoms with E-state index in [1.165, 1.54) is 0 Å². The number of hydrogen-bond donors (Lipinski definition) is 0. The number of benzene rings is 2. The Morgan fingerprint density at radius 3 is 1.73 bits per heavy atom. The molecule has 0 aliphatic heterocycles. The third kappa shape index (κ3) is 3.73. The van der Waals surface area contributed by atoms with E-state index in [2.05, 4.69) is 19.6 Å². The van der Waals surface area contributed by atoms with Crippen molar-refractivity contribution in [3.63, 3.8) is 0 Å². The lowest BCUT2D eigenvalue weighted by molar-refractivity contribution is -0.117. The highest BCUT2D eigenvalue weighted by Gasteiger charge is 2.38. The van der Waals surface area contributed by atoms with E-state index in [9.17, 15) is 4.79 Å². The van der Waals surface area contributed by atoms with Gasteiger partial charge in [-0.15, -0.1) is 0 Å². The topological polar surface area (TPSA) is 26.3 Å². The van der Waals surface area contributed by atoms with Gasteiger partial charge in [0.05, 0.1) is 12.0 Å². The van der Waals surface area contributed by atoms with Gasteiger partial charge in [-0.05, 0) is 11.1 Å². The van der Waals surface area contributed by atoms with Crippen LogP contribution < -0.4 is 0 Å². The van der Waals surface area contributed by atoms with Crippen LogP contribution in [0.4, 0.5) is 0 Å². The molecule has 0 amide bonds. The van der Waals surface area contributed by atoms with Crippen LogP contribution in [-0.4, -0.2) is 20.6 Å². The molecule has 0 saturated carbocycles. The first-order valence-corrected chi connectivity index (χ1v) is 11.1. The van der Waals surface area contributed by atoms with Crippen molar-refractivity contribution in [1.29, 1.82) is 0 Å². The van der Waals surface area contributed by atoms with Crippen LogP contribution in [0.3, 0.4) is 0 Å². The molecule has 2 aromatic carbocycles. The molecular weight excluding hydrogens is 288 g/mol. The summed E-state index contributed by atoms with van der Waals surface area (Å²) in [4.78, 5) is 13.1. The number of hydrogen-bond acceptors (Lipinski definition) is 2. The molecule has 0 spiro atoms. The fourth-order valence-electron chi connectivity index (χ4n) is 2.70. The van der Waals surface area contributed by atoms with Gasteiger partial charge >= 0.3 is 0 Å². The second-order valence-electron chi connectivity index (χ2n) is 6.57. The Morgan fingerprint density at radius 1 is 0.864 bits per heavy atom. The van der Waals surface area contributed by atoms with Gasteiger partial charge in [-0.2, -0.15) is 0 Å². The van der Waals surface area contributed by atoms with Gasteiger partial charge in [0, 0.05) is 7.11 Å². The highest BCUT2D eigenvalue weighted by Crippen LogP contribution is 2.36. The number of carbonyl (C=O) groups excluding carboxylic acids is 1. The molecule has 0 aromatic heterocycles. The Bertz CT molecular complexity index is 602. The summed E-state index contributed by atoms with van der Waals surface area (Å²) >= 11 is 0. The van der Waals surface area contributed by atoms with E-state index in [-0.39, 0.29) is 12.0 Å². The Morgan fingerprint density at radius 2 is 1.32 bits per heavy atom. The van der Waals surface area contributed by atoms with Crippen molar-refractivity contribution in [2.45, 2.75) is 31.7 Å². The SMILES string of the molecule is CO[C@@H](c1ccccc1)[C@H](C(=O)[Si](C)(C)C)c1ccccc1. The minimum Gasteiger partial charge on any atom is -0.376 e. The predicted octanol–water partition coefficient (Wildman–Crippen LogP) is 4.60. The normalized spacial score (nSPS) is 14.4. The van der Waals surface area contributed by atoms with Gasteiger partial charge in [0.25, 0.3) is 0 Å². The third-order valence-electron chi connectivity index (χ3n) is 3.87. The van der Waals surface area contributed by atoms with Gasteiger partial charge in [-0.3, -0.25) is 0 Å².